The Labute approximate surface area is 280 Å². The number of nitrogens with one attached hydrogen (secondary N) is 3. The van der Waals surface area contributed by atoms with Gasteiger partial charge in [-0.2, -0.15) is 5.26 Å². The van der Waals surface area contributed by atoms with Crippen LogP contribution in [0, 0.1) is 29.0 Å². The van der Waals surface area contributed by atoms with Gasteiger partial charge < -0.3 is 26.0 Å². The van der Waals surface area contributed by atoms with E-state index in [9.17, 15) is 33.9 Å². The summed E-state index contributed by atoms with van der Waals surface area (Å²) in [6.07, 6.45) is 1.90. The van der Waals surface area contributed by atoms with Crippen molar-refractivity contribution in [2.45, 2.75) is 77.6 Å². The van der Waals surface area contributed by atoms with Crippen LogP contribution in [-0.2, 0) is 32.1 Å². The van der Waals surface area contributed by atoms with E-state index < -0.39 is 41.7 Å². The number of hydrogen-bond donors (Lipinski definition) is 4. The number of piperidine rings is 1. The van der Waals surface area contributed by atoms with Crippen molar-refractivity contribution in [1.82, 2.24) is 20.9 Å². The van der Waals surface area contributed by atoms with Crippen molar-refractivity contribution in [2.24, 2.45) is 11.8 Å². The van der Waals surface area contributed by atoms with Crippen LogP contribution in [0.2, 0.25) is 5.02 Å². The Hall–Kier alpha value is -4.27. The summed E-state index contributed by atoms with van der Waals surface area (Å²) in [5.41, 5.74) is 1.40. The van der Waals surface area contributed by atoms with Crippen LogP contribution in [0.25, 0.3) is 0 Å². The minimum atomic E-state index is -1.34. The van der Waals surface area contributed by atoms with E-state index in [-0.39, 0.29) is 49.1 Å². The molecule has 2 aromatic carbocycles. The summed E-state index contributed by atoms with van der Waals surface area (Å²) >= 11 is 6.26. The smallest absolute Gasteiger partial charge is 0.264 e. The molecule has 10 nitrogen and oxygen atoms in total. The summed E-state index contributed by atoms with van der Waals surface area (Å²) < 4.78 is 13.5. The van der Waals surface area contributed by atoms with E-state index in [4.69, 9.17) is 11.6 Å². The quantitative estimate of drug-likeness (QED) is 0.178. The van der Waals surface area contributed by atoms with Gasteiger partial charge in [0.2, 0.25) is 17.7 Å². The summed E-state index contributed by atoms with van der Waals surface area (Å²) in [6, 6.07) is 12.5. The second-order valence-electron chi connectivity index (χ2n) is 12.2. The molecule has 0 saturated carbocycles. The third kappa shape index (κ3) is 11.8. The predicted molar refractivity (Wildman–Crippen MR) is 176 cm³/mol. The highest BCUT2D eigenvalue weighted by Crippen LogP contribution is 2.24. The van der Waals surface area contributed by atoms with Crippen LogP contribution >= 0.6 is 11.6 Å². The molecule has 1 saturated heterocycles. The molecule has 2 aromatic rings. The van der Waals surface area contributed by atoms with Crippen LogP contribution in [0.15, 0.2) is 60.2 Å². The number of carbonyl (C=O) groups excluding carboxylic acids is 4. The normalized spacial score (nSPS) is 15.7. The number of aliphatic hydroxyl groups excluding tert-OH is 1. The van der Waals surface area contributed by atoms with Crippen molar-refractivity contribution in [3.05, 3.63) is 82.1 Å². The summed E-state index contributed by atoms with van der Waals surface area (Å²) in [5.74, 6) is -2.46. The van der Waals surface area contributed by atoms with E-state index in [1.807, 2.05) is 19.9 Å². The molecule has 0 aromatic heterocycles. The molecule has 1 heterocycles. The van der Waals surface area contributed by atoms with Gasteiger partial charge in [0, 0.05) is 31.1 Å². The topological polar surface area (TPSA) is 152 Å². The Morgan fingerprint density at radius 1 is 1.06 bits per heavy atom. The molecule has 1 fully saturated rings. The Kier molecular flexibility index (Phi) is 14.4. The summed E-state index contributed by atoms with van der Waals surface area (Å²) in [7, 11) is 0. The van der Waals surface area contributed by atoms with Crippen molar-refractivity contribution in [1.29, 1.82) is 5.26 Å². The molecular weight excluding hydrogens is 625 g/mol. The standard InChI is InChI=1S/C35H43ClFN5O5/c1-22(2)17-27(20-38)35(47)42-15-13-25(14-16-42)19-30(33(45)39-21-26-8-4-5-10-29(26)36)40-34(46)32(23(3)43)41-31(44)12-11-24-7-6-9-28(37)18-24/h4-10,17-18,22-23,25,30,32,43H,11-16,19,21H2,1-3H3,(H,39,45)(H,40,46)(H,41,44). The average Bonchev–Trinajstić information content (AvgIpc) is 3.04. The molecule has 0 bridgehead atoms. The van der Waals surface area contributed by atoms with Gasteiger partial charge in [0.15, 0.2) is 0 Å². The number of aliphatic hydroxyl groups is 1. The number of amides is 4. The number of nitriles is 1. The molecule has 4 amide bonds. The lowest BCUT2D eigenvalue weighted by Gasteiger charge is -2.34. The molecule has 4 N–H and O–H groups in total. The van der Waals surface area contributed by atoms with E-state index in [2.05, 4.69) is 16.0 Å². The van der Waals surface area contributed by atoms with E-state index in [1.165, 1.54) is 19.1 Å². The minimum Gasteiger partial charge on any atom is -0.391 e. The van der Waals surface area contributed by atoms with Crippen LogP contribution in [0.5, 0.6) is 0 Å². The lowest BCUT2D eigenvalue weighted by Crippen LogP contribution is -2.57. The van der Waals surface area contributed by atoms with Crippen LogP contribution in [0.4, 0.5) is 4.39 Å². The maximum absolute atomic E-state index is 13.5. The number of carbonyl (C=O) groups is 4. The van der Waals surface area contributed by atoms with Gasteiger partial charge in [-0.05, 0) is 73.8 Å². The summed E-state index contributed by atoms with van der Waals surface area (Å²) in [6.45, 7) is 6.04. The van der Waals surface area contributed by atoms with E-state index in [0.29, 0.717) is 42.1 Å². The number of nitrogens with zero attached hydrogens (tertiary/aromatic N) is 2. The Balaban J connectivity index is 1.68. The van der Waals surface area contributed by atoms with Gasteiger partial charge in [-0.15, -0.1) is 0 Å². The SMILES string of the molecule is CC(C)C=C(C#N)C(=O)N1CCC(CC(NC(=O)C(NC(=O)CCc2cccc(F)c2)C(C)O)C(=O)NCc2ccccc2Cl)CC1. The number of aryl methyl sites for hydroxylation is 1. The molecular formula is C35H43ClFN5O5. The highest BCUT2D eigenvalue weighted by atomic mass is 35.5. The van der Waals surface area contributed by atoms with Gasteiger partial charge in [0.05, 0.1) is 6.10 Å². The average molecular weight is 668 g/mol. The summed E-state index contributed by atoms with van der Waals surface area (Å²) in [4.78, 5) is 54.2. The van der Waals surface area contributed by atoms with Gasteiger partial charge in [-0.3, -0.25) is 19.2 Å². The number of rotatable bonds is 14. The fraction of sp³-hybridized carbons (Fsp3) is 0.457. The molecule has 0 radical (unpaired) electrons. The fourth-order valence-corrected chi connectivity index (χ4v) is 5.61. The number of allylic oxidation sites excluding steroid dienone is 1. The van der Waals surface area contributed by atoms with Crippen molar-refractivity contribution >= 4 is 35.2 Å². The van der Waals surface area contributed by atoms with Crippen LogP contribution in [-0.4, -0.2) is 64.9 Å². The third-order valence-corrected chi connectivity index (χ3v) is 8.35. The van der Waals surface area contributed by atoms with Crippen LogP contribution in [0.1, 0.15) is 57.6 Å². The lowest BCUT2D eigenvalue weighted by atomic mass is 9.89. The van der Waals surface area contributed by atoms with E-state index in [1.54, 1.807) is 47.4 Å². The minimum absolute atomic E-state index is 0.0408. The Bertz CT molecular complexity index is 1480. The van der Waals surface area contributed by atoms with Crippen molar-refractivity contribution in [3.8, 4) is 6.07 Å². The predicted octanol–water partition coefficient (Wildman–Crippen LogP) is 3.81. The zero-order chi connectivity index (χ0) is 34.5. The molecule has 0 spiro atoms. The van der Waals surface area contributed by atoms with Gasteiger partial charge in [0.1, 0.15) is 29.5 Å². The molecule has 252 valence electrons. The molecule has 47 heavy (non-hydrogen) atoms. The Morgan fingerprint density at radius 3 is 2.38 bits per heavy atom. The van der Waals surface area contributed by atoms with Crippen molar-refractivity contribution < 1.29 is 28.7 Å². The highest BCUT2D eigenvalue weighted by Gasteiger charge is 2.33. The van der Waals surface area contributed by atoms with E-state index >= 15 is 0 Å². The molecule has 0 aliphatic carbocycles. The maximum Gasteiger partial charge on any atom is 0.264 e. The second kappa shape index (κ2) is 18.2. The largest absolute Gasteiger partial charge is 0.391 e. The van der Waals surface area contributed by atoms with Gasteiger partial charge >= 0.3 is 0 Å². The number of halogens is 2. The van der Waals surface area contributed by atoms with Crippen molar-refractivity contribution in [3.63, 3.8) is 0 Å². The third-order valence-electron chi connectivity index (χ3n) is 7.98. The lowest BCUT2D eigenvalue weighted by molar-refractivity contribution is -0.134. The monoisotopic (exact) mass is 667 g/mol. The number of likely N-dealkylation sites (tertiary alicyclic amines) is 1. The van der Waals surface area contributed by atoms with Crippen molar-refractivity contribution in [2.75, 3.05) is 13.1 Å². The van der Waals surface area contributed by atoms with Crippen LogP contribution < -0.4 is 16.0 Å². The number of hydrogen-bond acceptors (Lipinski definition) is 6. The van der Waals surface area contributed by atoms with Gasteiger partial charge in [-0.25, -0.2) is 4.39 Å². The maximum atomic E-state index is 13.5. The number of benzene rings is 2. The highest BCUT2D eigenvalue weighted by molar-refractivity contribution is 6.31. The first-order chi connectivity index (χ1) is 22.4. The molecule has 3 atom stereocenters. The molecule has 12 heteroatoms. The summed E-state index contributed by atoms with van der Waals surface area (Å²) in [5, 5.41) is 28.4. The zero-order valence-corrected chi connectivity index (χ0v) is 27.7. The Morgan fingerprint density at radius 2 is 1.77 bits per heavy atom. The zero-order valence-electron chi connectivity index (χ0n) is 27.0. The molecule has 1 aliphatic rings. The van der Waals surface area contributed by atoms with E-state index in [0.717, 1.165) is 0 Å². The van der Waals surface area contributed by atoms with Crippen LogP contribution in [0.3, 0.4) is 0 Å². The van der Waals surface area contributed by atoms with Gasteiger partial charge in [0.25, 0.3) is 5.91 Å². The first kappa shape index (κ1) is 37.2. The molecule has 3 rings (SSSR count). The van der Waals surface area contributed by atoms with Gasteiger partial charge in [-0.1, -0.05) is 61.9 Å². The first-order valence-electron chi connectivity index (χ1n) is 15.8. The molecule has 3 unspecified atom stereocenters. The first-order valence-corrected chi connectivity index (χ1v) is 16.2. The molecule has 1 aliphatic heterocycles. The second-order valence-corrected chi connectivity index (χ2v) is 12.6. The fourth-order valence-electron chi connectivity index (χ4n) is 5.41.